The van der Waals surface area contributed by atoms with E-state index in [2.05, 4.69) is 19.9 Å². The summed E-state index contributed by atoms with van der Waals surface area (Å²) in [6.07, 6.45) is 7.92. The molecule has 0 saturated carbocycles. The van der Waals surface area contributed by atoms with Crippen LogP contribution in [-0.2, 0) is 6.54 Å². The largest absolute Gasteiger partial charge is 0.346 e. The smallest absolute Gasteiger partial charge is 0.269 e. The van der Waals surface area contributed by atoms with Crippen LogP contribution in [-0.4, -0.2) is 24.5 Å². The van der Waals surface area contributed by atoms with Crippen molar-refractivity contribution in [1.82, 2.24) is 24.5 Å². The van der Waals surface area contributed by atoms with Gasteiger partial charge < -0.3 is 9.55 Å². The first-order valence-electron chi connectivity index (χ1n) is 8.70. The Bertz CT molecular complexity index is 1390. The lowest BCUT2D eigenvalue weighted by Crippen LogP contribution is -2.21. The SMILES string of the molecule is O=c1cnc2cnccc2n1Cc1ccc(-c2cnc3[nH]ccc3c2)cc1F. The molecular weight excluding hydrogens is 357 g/mol. The van der Waals surface area contributed by atoms with E-state index >= 15 is 0 Å². The number of nitrogens with one attached hydrogen (secondary N) is 1. The molecule has 5 aromatic rings. The third-order valence-electron chi connectivity index (χ3n) is 4.76. The van der Waals surface area contributed by atoms with Crippen molar-refractivity contribution in [3.63, 3.8) is 0 Å². The third-order valence-corrected chi connectivity index (χ3v) is 4.76. The number of aromatic nitrogens is 5. The summed E-state index contributed by atoms with van der Waals surface area (Å²) in [5.74, 6) is -0.377. The molecule has 0 aliphatic rings. The van der Waals surface area contributed by atoms with Gasteiger partial charge in [0.25, 0.3) is 5.56 Å². The highest BCUT2D eigenvalue weighted by molar-refractivity contribution is 5.81. The van der Waals surface area contributed by atoms with Crippen molar-refractivity contribution in [3.05, 3.63) is 89.1 Å². The molecule has 5 rings (SSSR count). The van der Waals surface area contributed by atoms with E-state index < -0.39 is 0 Å². The van der Waals surface area contributed by atoms with Gasteiger partial charge in [0, 0.05) is 35.1 Å². The molecule has 0 spiro atoms. The molecule has 0 saturated heterocycles. The third kappa shape index (κ3) is 2.73. The number of halogens is 1. The molecule has 0 aliphatic heterocycles. The fraction of sp³-hybridized carbons (Fsp3) is 0.0476. The maximum Gasteiger partial charge on any atom is 0.269 e. The second-order valence-corrected chi connectivity index (χ2v) is 6.49. The van der Waals surface area contributed by atoms with Crippen LogP contribution in [0, 0.1) is 5.82 Å². The van der Waals surface area contributed by atoms with Crippen molar-refractivity contribution in [2.75, 3.05) is 0 Å². The second-order valence-electron chi connectivity index (χ2n) is 6.49. The summed E-state index contributed by atoms with van der Waals surface area (Å²) in [6.45, 7) is 0.114. The molecule has 0 radical (unpaired) electrons. The van der Waals surface area contributed by atoms with Gasteiger partial charge in [0.05, 0.1) is 24.5 Å². The highest BCUT2D eigenvalue weighted by Crippen LogP contribution is 2.25. The number of nitrogens with zero attached hydrogens (tertiary/aromatic N) is 4. The van der Waals surface area contributed by atoms with E-state index in [1.54, 1.807) is 30.7 Å². The minimum absolute atomic E-state index is 0.114. The molecule has 0 unspecified atom stereocenters. The van der Waals surface area contributed by atoms with Gasteiger partial charge in [-0.25, -0.2) is 14.4 Å². The Morgan fingerprint density at radius 2 is 1.93 bits per heavy atom. The molecule has 0 atom stereocenters. The molecule has 7 heteroatoms. The predicted molar refractivity (Wildman–Crippen MR) is 104 cm³/mol. The lowest BCUT2D eigenvalue weighted by Gasteiger charge is -2.11. The van der Waals surface area contributed by atoms with Gasteiger partial charge in [0.2, 0.25) is 0 Å². The van der Waals surface area contributed by atoms with Crippen molar-refractivity contribution in [3.8, 4) is 11.1 Å². The second kappa shape index (κ2) is 6.38. The molecule has 0 fully saturated rings. The van der Waals surface area contributed by atoms with Crippen LogP contribution < -0.4 is 5.56 Å². The zero-order chi connectivity index (χ0) is 19.1. The Kier molecular flexibility index (Phi) is 3.72. The Morgan fingerprint density at radius 1 is 1.00 bits per heavy atom. The molecular formula is C21H14FN5O. The van der Waals surface area contributed by atoms with Crippen LogP contribution in [0.5, 0.6) is 0 Å². The normalized spacial score (nSPS) is 11.3. The Hall–Kier alpha value is -3.87. The van der Waals surface area contributed by atoms with Gasteiger partial charge in [0.1, 0.15) is 17.0 Å². The highest BCUT2D eigenvalue weighted by atomic mass is 19.1. The number of H-pyrrole nitrogens is 1. The van der Waals surface area contributed by atoms with Crippen LogP contribution in [0.2, 0.25) is 0 Å². The quantitative estimate of drug-likeness (QED) is 0.526. The Morgan fingerprint density at radius 3 is 2.82 bits per heavy atom. The molecule has 0 bridgehead atoms. The first-order chi connectivity index (χ1) is 13.7. The van der Waals surface area contributed by atoms with Crippen molar-refractivity contribution < 1.29 is 4.39 Å². The van der Waals surface area contributed by atoms with Crippen molar-refractivity contribution in [1.29, 1.82) is 0 Å². The number of benzene rings is 1. The van der Waals surface area contributed by atoms with Gasteiger partial charge >= 0.3 is 0 Å². The van der Waals surface area contributed by atoms with Crippen LogP contribution in [0.4, 0.5) is 4.39 Å². The molecule has 4 aromatic heterocycles. The van der Waals surface area contributed by atoms with Gasteiger partial charge in [-0.05, 0) is 29.8 Å². The highest BCUT2D eigenvalue weighted by Gasteiger charge is 2.10. The Balaban J connectivity index is 1.54. The summed E-state index contributed by atoms with van der Waals surface area (Å²) < 4.78 is 16.3. The summed E-state index contributed by atoms with van der Waals surface area (Å²) in [7, 11) is 0. The maximum absolute atomic E-state index is 14.8. The molecule has 0 aliphatic carbocycles. The summed E-state index contributed by atoms with van der Waals surface area (Å²) in [5, 5.41) is 0.963. The fourth-order valence-electron chi connectivity index (χ4n) is 3.31. The molecule has 28 heavy (non-hydrogen) atoms. The first-order valence-corrected chi connectivity index (χ1v) is 8.70. The zero-order valence-electron chi connectivity index (χ0n) is 14.6. The number of aromatic amines is 1. The summed E-state index contributed by atoms with van der Waals surface area (Å²) in [6, 6.07) is 10.6. The van der Waals surface area contributed by atoms with Crippen LogP contribution in [0.25, 0.3) is 33.2 Å². The van der Waals surface area contributed by atoms with Crippen LogP contribution in [0.3, 0.4) is 0 Å². The number of fused-ring (bicyclic) bond motifs is 2. The van der Waals surface area contributed by atoms with Gasteiger partial charge in [-0.2, -0.15) is 0 Å². The summed E-state index contributed by atoms with van der Waals surface area (Å²) >= 11 is 0. The van der Waals surface area contributed by atoms with E-state index in [-0.39, 0.29) is 17.9 Å². The van der Waals surface area contributed by atoms with E-state index in [0.717, 1.165) is 22.2 Å². The van der Waals surface area contributed by atoms with E-state index in [1.807, 2.05) is 24.4 Å². The van der Waals surface area contributed by atoms with Gasteiger partial charge in [-0.3, -0.25) is 9.78 Å². The molecule has 0 amide bonds. The molecule has 1 N–H and O–H groups in total. The van der Waals surface area contributed by atoms with E-state index in [1.165, 1.54) is 16.8 Å². The summed E-state index contributed by atoms with van der Waals surface area (Å²) in [5.41, 5.74) is 3.69. The number of rotatable bonds is 3. The van der Waals surface area contributed by atoms with Crippen LogP contribution >= 0.6 is 0 Å². The lowest BCUT2D eigenvalue weighted by atomic mass is 10.0. The van der Waals surface area contributed by atoms with Crippen molar-refractivity contribution in [2.24, 2.45) is 0 Å². The maximum atomic E-state index is 14.8. The zero-order valence-corrected chi connectivity index (χ0v) is 14.6. The van der Waals surface area contributed by atoms with Gasteiger partial charge in [-0.15, -0.1) is 0 Å². The topological polar surface area (TPSA) is 76.5 Å². The molecule has 4 heterocycles. The average Bonchev–Trinajstić information content (AvgIpc) is 3.19. The summed E-state index contributed by atoms with van der Waals surface area (Å²) in [4.78, 5) is 27.8. The van der Waals surface area contributed by atoms with Crippen LogP contribution in [0.15, 0.2) is 72.2 Å². The monoisotopic (exact) mass is 371 g/mol. The Labute approximate surface area is 158 Å². The fourth-order valence-corrected chi connectivity index (χ4v) is 3.31. The predicted octanol–water partition coefficient (Wildman–Crippen LogP) is 3.52. The lowest BCUT2D eigenvalue weighted by molar-refractivity contribution is 0.599. The van der Waals surface area contributed by atoms with Gasteiger partial charge in [0.15, 0.2) is 0 Å². The average molecular weight is 371 g/mol. The van der Waals surface area contributed by atoms with Crippen molar-refractivity contribution >= 4 is 22.1 Å². The number of hydrogen-bond acceptors (Lipinski definition) is 4. The van der Waals surface area contributed by atoms with E-state index in [9.17, 15) is 9.18 Å². The first kappa shape index (κ1) is 16.3. The minimum Gasteiger partial charge on any atom is -0.346 e. The van der Waals surface area contributed by atoms with E-state index in [0.29, 0.717) is 16.6 Å². The van der Waals surface area contributed by atoms with Gasteiger partial charge in [-0.1, -0.05) is 12.1 Å². The molecule has 6 nitrogen and oxygen atoms in total. The van der Waals surface area contributed by atoms with Crippen molar-refractivity contribution in [2.45, 2.75) is 6.54 Å². The molecule has 136 valence electrons. The molecule has 1 aromatic carbocycles. The number of pyridine rings is 2. The number of hydrogen-bond donors (Lipinski definition) is 1. The minimum atomic E-state index is -0.377. The standard InChI is InChI=1S/C21H14FN5O/c22-17-8-13(16-7-14-3-6-24-21(14)26-9-16)1-2-15(17)12-27-19-4-5-23-10-18(19)25-11-20(27)28/h1-11H,12H2,(H,24,26). The van der Waals surface area contributed by atoms with Crippen LogP contribution in [0.1, 0.15) is 5.56 Å². The van der Waals surface area contributed by atoms with E-state index in [4.69, 9.17) is 0 Å².